The van der Waals surface area contributed by atoms with Crippen LogP contribution in [0.2, 0.25) is 0 Å². The number of aryl methyl sites for hydroxylation is 1. The highest BCUT2D eigenvalue weighted by Gasteiger charge is 2.13. The van der Waals surface area contributed by atoms with Gasteiger partial charge in [0.2, 0.25) is 0 Å². The van der Waals surface area contributed by atoms with Gasteiger partial charge in [0.05, 0.1) is 7.11 Å². The third-order valence-corrected chi connectivity index (χ3v) is 4.78. The summed E-state index contributed by atoms with van der Waals surface area (Å²) in [6, 6.07) is 6.75. The molecule has 1 aromatic carbocycles. The van der Waals surface area contributed by atoms with Crippen molar-refractivity contribution in [3.05, 3.63) is 29.3 Å². The molecular weight excluding hydrogens is 268 g/mol. The van der Waals surface area contributed by atoms with Crippen molar-refractivity contribution in [3.8, 4) is 5.75 Å². The lowest BCUT2D eigenvalue weighted by Gasteiger charge is -2.27. The van der Waals surface area contributed by atoms with Gasteiger partial charge in [-0.1, -0.05) is 12.1 Å². The van der Waals surface area contributed by atoms with Gasteiger partial charge >= 0.3 is 0 Å². The third-order valence-electron chi connectivity index (χ3n) is 3.84. The topological polar surface area (TPSA) is 24.5 Å². The summed E-state index contributed by atoms with van der Waals surface area (Å²) in [5.41, 5.74) is 2.48. The van der Waals surface area contributed by atoms with Crippen LogP contribution >= 0.6 is 11.8 Å². The maximum Gasteiger partial charge on any atom is 0.123 e. The van der Waals surface area contributed by atoms with Gasteiger partial charge in [0.25, 0.3) is 0 Å². The van der Waals surface area contributed by atoms with E-state index in [1.807, 2.05) is 0 Å². The minimum absolute atomic E-state index is 0.324. The molecule has 2 rings (SSSR count). The van der Waals surface area contributed by atoms with Crippen LogP contribution < -0.4 is 10.1 Å². The lowest BCUT2D eigenvalue weighted by atomic mass is 10.0. The van der Waals surface area contributed by atoms with Gasteiger partial charge in [-0.05, 0) is 25.5 Å². The van der Waals surface area contributed by atoms with E-state index >= 15 is 0 Å². The molecule has 3 nitrogen and oxygen atoms in total. The molecule has 1 fully saturated rings. The highest BCUT2D eigenvalue weighted by molar-refractivity contribution is 7.99. The van der Waals surface area contributed by atoms with Crippen molar-refractivity contribution in [2.24, 2.45) is 0 Å². The molecule has 0 amide bonds. The van der Waals surface area contributed by atoms with E-state index in [2.05, 4.69) is 54.0 Å². The molecule has 1 aliphatic heterocycles. The summed E-state index contributed by atoms with van der Waals surface area (Å²) in [6.07, 6.45) is 0. The van der Waals surface area contributed by atoms with Crippen LogP contribution in [-0.2, 0) is 0 Å². The van der Waals surface area contributed by atoms with Gasteiger partial charge in [-0.25, -0.2) is 0 Å². The van der Waals surface area contributed by atoms with Gasteiger partial charge in [-0.2, -0.15) is 11.8 Å². The number of nitrogens with one attached hydrogen (secondary N) is 1. The molecule has 0 aromatic heterocycles. The van der Waals surface area contributed by atoms with E-state index in [0.29, 0.717) is 6.04 Å². The molecule has 0 radical (unpaired) electrons. The Morgan fingerprint density at radius 2 is 2.10 bits per heavy atom. The van der Waals surface area contributed by atoms with Gasteiger partial charge in [0.1, 0.15) is 5.75 Å². The first-order valence-corrected chi connectivity index (χ1v) is 8.54. The van der Waals surface area contributed by atoms with Crippen LogP contribution in [0.4, 0.5) is 0 Å². The first-order chi connectivity index (χ1) is 9.70. The zero-order valence-electron chi connectivity index (χ0n) is 12.8. The summed E-state index contributed by atoms with van der Waals surface area (Å²) in [7, 11) is 1.75. The molecule has 1 atom stereocenters. The first-order valence-electron chi connectivity index (χ1n) is 7.38. The average molecular weight is 294 g/mol. The lowest BCUT2D eigenvalue weighted by molar-refractivity contribution is 0.296. The fraction of sp³-hybridized carbons (Fsp3) is 0.625. The molecule has 0 spiro atoms. The van der Waals surface area contributed by atoms with Crippen LogP contribution in [0, 0.1) is 6.92 Å². The van der Waals surface area contributed by atoms with Crippen LogP contribution in [-0.4, -0.2) is 49.7 Å². The van der Waals surface area contributed by atoms with E-state index in [-0.39, 0.29) is 0 Å². The Balaban J connectivity index is 1.83. The van der Waals surface area contributed by atoms with Crippen molar-refractivity contribution in [1.82, 2.24) is 10.2 Å². The van der Waals surface area contributed by atoms with Crippen molar-refractivity contribution in [2.45, 2.75) is 19.9 Å². The van der Waals surface area contributed by atoms with Crippen LogP contribution in [0.15, 0.2) is 18.2 Å². The number of rotatable bonds is 6. The quantitative estimate of drug-likeness (QED) is 0.872. The predicted molar refractivity (Wildman–Crippen MR) is 87.9 cm³/mol. The monoisotopic (exact) mass is 294 g/mol. The van der Waals surface area contributed by atoms with E-state index in [1.54, 1.807) is 7.11 Å². The Labute approximate surface area is 127 Å². The Kier molecular flexibility index (Phi) is 6.20. The summed E-state index contributed by atoms with van der Waals surface area (Å²) in [6.45, 7) is 8.93. The van der Waals surface area contributed by atoms with Gasteiger partial charge in [0, 0.05) is 49.3 Å². The van der Waals surface area contributed by atoms with Crippen LogP contribution in [0.1, 0.15) is 24.1 Å². The number of benzene rings is 1. The largest absolute Gasteiger partial charge is 0.496 e. The number of nitrogens with zero attached hydrogens (tertiary/aromatic N) is 1. The fourth-order valence-electron chi connectivity index (χ4n) is 2.55. The second kappa shape index (κ2) is 7.91. The minimum atomic E-state index is 0.324. The molecule has 0 aliphatic carbocycles. The predicted octanol–water partition coefficient (Wildman–Crippen LogP) is 2.70. The Hall–Kier alpha value is -0.710. The van der Waals surface area contributed by atoms with E-state index in [1.165, 1.54) is 35.7 Å². The second-order valence-electron chi connectivity index (χ2n) is 5.38. The second-order valence-corrected chi connectivity index (χ2v) is 6.60. The molecule has 112 valence electrons. The summed E-state index contributed by atoms with van der Waals surface area (Å²) in [5, 5.41) is 3.61. The SMILES string of the molecule is COc1cc(C)ccc1C(C)NCCN1CCSCC1. The number of ether oxygens (including phenoxy) is 1. The maximum atomic E-state index is 5.49. The molecule has 20 heavy (non-hydrogen) atoms. The number of thioether (sulfide) groups is 1. The zero-order chi connectivity index (χ0) is 14.4. The van der Waals surface area contributed by atoms with Crippen LogP contribution in [0.3, 0.4) is 0 Å². The summed E-state index contributed by atoms with van der Waals surface area (Å²) in [5.74, 6) is 3.54. The molecular formula is C16H26N2OS. The summed E-state index contributed by atoms with van der Waals surface area (Å²) in [4.78, 5) is 2.54. The Bertz CT molecular complexity index is 419. The maximum absolute atomic E-state index is 5.49. The highest BCUT2D eigenvalue weighted by atomic mass is 32.2. The third kappa shape index (κ3) is 4.40. The first kappa shape index (κ1) is 15.7. The zero-order valence-corrected chi connectivity index (χ0v) is 13.6. The molecule has 0 bridgehead atoms. The highest BCUT2D eigenvalue weighted by Crippen LogP contribution is 2.25. The molecule has 1 saturated heterocycles. The van der Waals surface area contributed by atoms with E-state index < -0.39 is 0 Å². The summed E-state index contributed by atoms with van der Waals surface area (Å²) < 4.78 is 5.49. The summed E-state index contributed by atoms with van der Waals surface area (Å²) >= 11 is 2.06. The van der Waals surface area contributed by atoms with Gasteiger partial charge < -0.3 is 15.0 Å². The van der Waals surface area contributed by atoms with Crippen molar-refractivity contribution in [2.75, 3.05) is 44.8 Å². The Morgan fingerprint density at radius 1 is 1.35 bits per heavy atom. The molecule has 1 unspecified atom stereocenters. The van der Waals surface area contributed by atoms with E-state index in [0.717, 1.165) is 18.8 Å². The number of hydrogen-bond donors (Lipinski definition) is 1. The van der Waals surface area contributed by atoms with Crippen LogP contribution in [0.5, 0.6) is 5.75 Å². The number of methoxy groups -OCH3 is 1. The molecule has 1 aromatic rings. The average Bonchev–Trinajstić information content (AvgIpc) is 2.48. The smallest absolute Gasteiger partial charge is 0.123 e. The van der Waals surface area contributed by atoms with Gasteiger partial charge in [-0.15, -0.1) is 0 Å². The molecule has 1 heterocycles. The molecule has 1 N–H and O–H groups in total. The van der Waals surface area contributed by atoms with Gasteiger partial charge in [-0.3, -0.25) is 0 Å². The van der Waals surface area contributed by atoms with Gasteiger partial charge in [0.15, 0.2) is 0 Å². The molecule has 0 saturated carbocycles. The van der Waals surface area contributed by atoms with E-state index in [4.69, 9.17) is 4.74 Å². The molecule has 4 heteroatoms. The van der Waals surface area contributed by atoms with Crippen molar-refractivity contribution in [3.63, 3.8) is 0 Å². The minimum Gasteiger partial charge on any atom is -0.496 e. The normalized spacial score (nSPS) is 17.9. The Morgan fingerprint density at radius 3 is 2.80 bits per heavy atom. The lowest BCUT2D eigenvalue weighted by Crippen LogP contribution is -2.38. The van der Waals surface area contributed by atoms with Crippen LogP contribution in [0.25, 0.3) is 0 Å². The molecule has 1 aliphatic rings. The van der Waals surface area contributed by atoms with E-state index in [9.17, 15) is 0 Å². The van der Waals surface area contributed by atoms with Crippen molar-refractivity contribution < 1.29 is 4.74 Å². The fourth-order valence-corrected chi connectivity index (χ4v) is 3.53. The standard InChI is InChI=1S/C16H26N2OS/c1-13-4-5-15(16(12-13)19-3)14(2)17-6-7-18-8-10-20-11-9-18/h4-5,12,14,17H,6-11H2,1-3H3. The number of hydrogen-bond acceptors (Lipinski definition) is 4. The van der Waals surface area contributed by atoms with Crippen molar-refractivity contribution in [1.29, 1.82) is 0 Å². The van der Waals surface area contributed by atoms with Crippen molar-refractivity contribution >= 4 is 11.8 Å².